The van der Waals surface area contributed by atoms with Crippen LogP contribution in [-0.4, -0.2) is 21.9 Å². The van der Waals surface area contributed by atoms with E-state index in [1.165, 1.54) is 5.56 Å². The van der Waals surface area contributed by atoms with Crippen molar-refractivity contribution in [1.82, 2.24) is 9.97 Å². The Morgan fingerprint density at radius 1 is 1.09 bits per heavy atom. The molecule has 1 amide bonds. The summed E-state index contributed by atoms with van der Waals surface area (Å²) < 4.78 is 0. The van der Waals surface area contributed by atoms with Crippen molar-refractivity contribution in [2.24, 2.45) is 0 Å². The lowest BCUT2D eigenvalue weighted by atomic mass is 10.1. The first-order valence-electron chi connectivity index (χ1n) is 7.36. The number of nitrogens with zero attached hydrogens (tertiary/aromatic N) is 3. The summed E-state index contributed by atoms with van der Waals surface area (Å²) in [5, 5.41) is 0. The van der Waals surface area contributed by atoms with Gasteiger partial charge in [0.1, 0.15) is 0 Å². The van der Waals surface area contributed by atoms with Gasteiger partial charge in [-0.2, -0.15) is 0 Å². The first-order chi connectivity index (χ1) is 10.7. The summed E-state index contributed by atoms with van der Waals surface area (Å²) in [6.45, 7) is 2.08. The molecule has 1 atom stereocenters. The fourth-order valence-electron chi connectivity index (χ4n) is 3.11. The van der Waals surface area contributed by atoms with Gasteiger partial charge in [0.15, 0.2) is 0 Å². The Hall–Kier alpha value is -2.75. The number of para-hydroxylation sites is 1. The summed E-state index contributed by atoms with van der Waals surface area (Å²) in [7, 11) is 0. The third kappa shape index (κ3) is 1.96. The third-order valence-corrected chi connectivity index (χ3v) is 4.14. The van der Waals surface area contributed by atoms with Gasteiger partial charge < -0.3 is 4.90 Å². The maximum absolute atomic E-state index is 12.9. The first kappa shape index (κ1) is 13.0. The molecule has 0 unspecified atom stereocenters. The van der Waals surface area contributed by atoms with Crippen molar-refractivity contribution >= 4 is 22.6 Å². The molecular formula is C18H15N3O. The van der Waals surface area contributed by atoms with Gasteiger partial charge in [-0.3, -0.25) is 14.8 Å². The fraction of sp³-hybridized carbons (Fsp3) is 0.167. The summed E-state index contributed by atoms with van der Waals surface area (Å²) in [5.41, 5.74) is 4.43. The fourth-order valence-corrected chi connectivity index (χ4v) is 3.11. The molecule has 0 spiro atoms. The number of amides is 1. The quantitative estimate of drug-likeness (QED) is 0.691. The van der Waals surface area contributed by atoms with E-state index in [1.54, 1.807) is 12.4 Å². The number of aromatic nitrogens is 2. The van der Waals surface area contributed by atoms with E-state index in [-0.39, 0.29) is 11.9 Å². The molecule has 0 fully saturated rings. The molecule has 1 aliphatic heterocycles. The second-order valence-corrected chi connectivity index (χ2v) is 5.62. The minimum Gasteiger partial charge on any atom is -0.305 e. The van der Waals surface area contributed by atoms with Gasteiger partial charge in [-0.15, -0.1) is 0 Å². The number of anilines is 1. The number of fused-ring (bicyclic) bond motifs is 2. The van der Waals surface area contributed by atoms with Crippen LogP contribution >= 0.6 is 0 Å². The van der Waals surface area contributed by atoms with Crippen molar-refractivity contribution in [2.75, 3.05) is 4.90 Å². The van der Waals surface area contributed by atoms with Crippen LogP contribution in [0.2, 0.25) is 0 Å². The van der Waals surface area contributed by atoms with E-state index in [0.29, 0.717) is 5.56 Å². The van der Waals surface area contributed by atoms with Crippen LogP contribution in [0.4, 0.5) is 5.69 Å². The smallest absolute Gasteiger partial charge is 0.258 e. The molecule has 4 heteroatoms. The van der Waals surface area contributed by atoms with Crippen LogP contribution in [0.5, 0.6) is 0 Å². The highest BCUT2D eigenvalue weighted by Gasteiger charge is 2.31. The van der Waals surface area contributed by atoms with Crippen LogP contribution in [0.3, 0.4) is 0 Å². The van der Waals surface area contributed by atoms with Crippen LogP contribution in [0.15, 0.2) is 54.9 Å². The lowest BCUT2D eigenvalue weighted by molar-refractivity contribution is 0.0981. The number of hydrogen-bond acceptors (Lipinski definition) is 3. The maximum atomic E-state index is 12.9. The molecule has 0 radical (unpaired) electrons. The van der Waals surface area contributed by atoms with Gasteiger partial charge in [0.2, 0.25) is 0 Å². The van der Waals surface area contributed by atoms with E-state index < -0.39 is 0 Å². The highest BCUT2D eigenvalue weighted by atomic mass is 16.2. The lowest BCUT2D eigenvalue weighted by Crippen LogP contribution is -2.35. The second kappa shape index (κ2) is 4.91. The maximum Gasteiger partial charge on any atom is 0.258 e. The number of carbonyl (C=O) groups is 1. The molecule has 2 heterocycles. The molecule has 2 aromatic carbocycles. The molecular weight excluding hydrogens is 274 g/mol. The van der Waals surface area contributed by atoms with Crippen molar-refractivity contribution in [3.8, 4) is 0 Å². The molecule has 0 aliphatic carbocycles. The van der Waals surface area contributed by atoms with E-state index in [0.717, 1.165) is 23.1 Å². The summed E-state index contributed by atoms with van der Waals surface area (Å²) in [4.78, 5) is 23.3. The number of carbonyl (C=O) groups excluding carboxylic acids is 1. The Morgan fingerprint density at radius 3 is 2.73 bits per heavy atom. The Bertz CT molecular complexity index is 875. The second-order valence-electron chi connectivity index (χ2n) is 5.62. The lowest BCUT2D eigenvalue weighted by Gasteiger charge is -2.22. The zero-order valence-electron chi connectivity index (χ0n) is 12.2. The molecule has 0 N–H and O–H groups in total. The predicted molar refractivity (Wildman–Crippen MR) is 86.0 cm³/mol. The number of rotatable bonds is 1. The standard InChI is InChI=1S/C18H15N3O/c1-12-10-13-4-2-3-5-17(13)21(12)18(22)14-6-7-15-16(11-14)20-9-8-19-15/h2-9,11-12H,10H2,1H3/t12-/m0/s1. The number of benzene rings is 2. The van der Waals surface area contributed by atoms with Gasteiger partial charge >= 0.3 is 0 Å². The molecule has 0 bridgehead atoms. The molecule has 108 valence electrons. The summed E-state index contributed by atoms with van der Waals surface area (Å²) >= 11 is 0. The van der Waals surface area contributed by atoms with E-state index in [4.69, 9.17) is 0 Å². The van der Waals surface area contributed by atoms with Gasteiger partial charge in [-0.05, 0) is 43.2 Å². The SMILES string of the molecule is C[C@H]1Cc2ccccc2N1C(=O)c1ccc2nccnc2c1. The highest BCUT2D eigenvalue weighted by molar-refractivity contribution is 6.09. The molecule has 1 aliphatic rings. The van der Waals surface area contributed by atoms with Gasteiger partial charge in [0.05, 0.1) is 11.0 Å². The van der Waals surface area contributed by atoms with Gasteiger partial charge in [-0.25, -0.2) is 0 Å². The molecule has 4 rings (SSSR count). The zero-order valence-corrected chi connectivity index (χ0v) is 12.2. The van der Waals surface area contributed by atoms with Crippen molar-refractivity contribution in [1.29, 1.82) is 0 Å². The summed E-state index contributed by atoms with van der Waals surface area (Å²) in [5.74, 6) is 0.0185. The number of hydrogen-bond donors (Lipinski definition) is 0. The van der Waals surface area contributed by atoms with Crippen LogP contribution in [0.25, 0.3) is 11.0 Å². The first-order valence-corrected chi connectivity index (χ1v) is 7.36. The van der Waals surface area contributed by atoms with E-state index in [2.05, 4.69) is 23.0 Å². The van der Waals surface area contributed by atoms with Gasteiger partial charge in [0.25, 0.3) is 5.91 Å². The van der Waals surface area contributed by atoms with Crippen LogP contribution < -0.4 is 4.90 Å². The molecule has 4 nitrogen and oxygen atoms in total. The van der Waals surface area contributed by atoms with Crippen LogP contribution in [0.1, 0.15) is 22.8 Å². The van der Waals surface area contributed by atoms with Crippen molar-refractivity contribution in [2.45, 2.75) is 19.4 Å². The Kier molecular flexibility index (Phi) is 2.89. The average Bonchev–Trinajstić information content (AvgIpc) is 2.89. The van der Waals surface area contributed by atoms with Crippen LogP contribution in [-0.2, 0) is 6.42 Å². The normalized spacial score (nSPS) is 16.8. The van der Waals surface area contributed by atoms with Crippen molar-refractivity contribution in [3.63, 3.8) is 0 Å². The minimum atomic E-state index is 0.0185. The predicted octanol–water partition coefficient (Wildman–Crippen LogP) is 3.22. The van der Waals surface area contributed by atoms with E-state index in [1.807, 2.05) is 41.3 Å². The highest BCUT2D eigenvalue weighted by Crippen LogP contribution is 2.33. The van der Waals surface area contributed by atoms with Crippen LogP contribution in [0, 0.1) is 0 Å². The zero-order chi connectivity index (χ0) is 15.1. The summed E-state index contributed by atoms with van der Waals surface area (Å²) in [6, 6.07) is 13.8. The molecule has 0 saturated heterocycles. The molecule has 3 aromatic rings. The molecule has 1 aromatic heterocycles. The van der Waals surface area contributed by atoms with Crippen molar-refractivity contribution in [3.05, 3.63) is 66.0 Å². The average molecular weight is 289 g/mol. The Morgan fingerprint density at radius 2 is 1.86 bits per heavy atom. The molecule has 0 saturated carbocycles. The topological polar surface area (TPSA) is 46.1 Å². The monoisotopic (exact) mass is 289 g/mol. The third-order valence-electron chi connectivity index (χ3n) is 4.14. The Balaban J connectivity index is 1.77. The molecule has 22 heavy (non-hydrogen) atoms. The van der Waals surface area contributed by atoms with Gasteiger partial charge in [-0.1, -0.05) is 18.2 Å². The largest absolute Gasteiger partial charge is 0.305 e. The van der Waals surface area contributed by atoms with E-state index in [9.17, 15) is 4.79 Å². The summed E-state index contributed by atoms with van der Waals surface area (Å²) in [6.07, 6.45) is 4.20. The van der Waals surface area contributed by atoms with Gasteiger partial charge in [0, 0.05) is 29.7 Å². The van der Waals surface area contributed by atoms with Crippen molar-refractivity contribution < 1.29 is 4.79 Å². The Labute approximate surface area is 128 Å². The minimum absolute atomic E-state index is 0.0185. The van der Waals surface area contributed by atoms with E-state index >= 15 is 0 Å².